The Labute approximate surface area is 143 Å². The van der Waals surface area contributed by atoms with Crippen molar-refractivity contribution < 1.29 is 9.18 Å². The normalized spacial score (nSPS) is 9.92. The average molecular weight is 332 g/mol. The van der Waals surface area contributed by atoms with Crippen LogP contribution in [0.4, 0.5) is 21.5 Å². The SMILES string of the molecule is N#Cc1ccc(Nc2ccc(C(=O)Nc3ccc(F)cc3)nc2)cc1. The van der Waals surface area contributed by atoms with Crippen LogP contribution in [-0.4, -0.2) is 10.9 Å². The molecule has 1 amide bonds. The van der Waals surface area contributed by atoms with E-state index in [0.29, 0.717) is 16.9 Å². The molecule has 3 rings (SSSR count). The fourth-order valence-corrected chi connectivity index (χ4v) is 2.13. The van der Waals surface area contributed by atoms with E-state index in [-0.39, 0.29) is 17.4 Å². The van der Waals surface area contributed by atoms with Crippen molar-refractivity contribution >= 4 is 23.0 Å². The molecule has 2 aromatic carbocycles. The van der Waals surface area contributed by atoms with Crippen molar-refractivity contribution in [2.45, 2.75) is 0 Å². The molecular formula is C19H13FN4O. The van der Waals surface area contributed by atoms with Crippen LogP contribution in [0.1, 0.15) is 16.1 Å². The first-order chi connectivity index (χ1) is 12.1. The first-order valence-corrected chi connectivity index (χ1v) is 7.44. The Hall–Kier alpha value is -3.72. The minimum absolute atomic E-state index is 0.245. The second-order valence-corrected chi connectivity index (χ2v) is 5.21. The first-order valence-electron chi connectivity index (χ1n) is 7.44. The monoisotopic (exact) mass is 332 g/mol. The Morgan fingerprint density at radius 3 is 2.16 bits per heavy atom. The number of anilines is 3. The third-order valence-electron chi connectivity index (χ3n) is 3.40. The number of carbonyl (C=O) groups excluding carboxylic acids is 1. The Morgan fingerprint density at radius 2 is 1.56 bits per heavy atom. The molecule has 1 aromatic heterocycles. The molecule has 0 aliphatic heterocycles. The van der Waals surface area contributed by atoms with Crippen molar-refractivity contribution in [1.82, 2.24) is 4.98 Å². The molecule has 122 valence electrons. The summed E-state index contributed by atoms with van der Waals surface area (Å²) < 4.78 is 12.9. The Kier molecular flexibility index (Phi) is 4.67. The molecule has 0 atom stereocenters. The van der Waals surface area contributed by atoms with Crippen LogP contribution < -0.4 is 10.6 Å². The predicted molar refractivity (Wildman–Crippen MR) is 93.0 cm³/mol. The minimum atomic E-state index is -0.378. The highest BCUT2D eigenvalue weighted by atomic mass is 19.1. The molecule has 0 aliphatic carbocycles. The number of nitrogens with one attached hydrogen (secondary N) is 2. The number of nitriles is 1. The quantitative estimate of drug-likeness (QED) is 0.754. The van der Waals surface area contributed by atoms with Gasteiger partial charge in [-0.05, 0) is 60.7 Å². The number of pyridine rings is 1. The Balaban J connectivity index is 1.65. The van der Waals surface area contributed by atoms with E-state index in [2.05, 4.69) is 21.7 Å². The summed E-state index contributed by atoms with van der Waals surface area (Å²) >= 11 is 0. The number of benzene rings is 2. The lowest BCUT2D eigenvalue weighted by Crippen LogP contribution is -2.13. The van der Waals surface area contributed by atoms with E-state index < -0.39 is 0 Å². The summed E-state index contributed by atoms with van der Waals surface area (Å²) in [4.78, 5) is 16.2. The second-order valence-electron chi connectivity index (χ2n) is 5.21. The number of rotatable bonds is 4. The average Bonchev–Trinajstić information content (AvgIpc) is 2.65. The zero-order valence-corrected chi connectivity index (χ0v) is 13.0. The summed E-state index contributed by atoms with van der Waals surface area (Å²) in [5.74, 6) is -0.745. The molecule has 0 aliphatic rings. The standard InChI is InChI=1S/C19H13FN4O/c20-14-3-7-16(8-4-14)24-19(25)18-10-9-17(12-22-18)23-15-5-1-13(11-21)2-6-15/h1-10,12,23H,(H,24,25). The van der Waals surface area contributed by atoms with E-state index in [1.165, 1.54) is 30.5 Å². The molecule has 0 fully saturated rings. The van der Waals surface area contributed by atoms with E-state index in [1.54, 1.807) is 36.4 Å². The van der Waals surface area contributed by atoms with E-state index in [4.69, 9.17) is 5.26 Å². The molecule has 1 heterocycles. The van der Waals surface area contributed by atoms with Crippen molar-refractivity contribution in [3.63, 3.8) is 0 Å². The molecule has 25 heavy (non-hydrogen) atoms. The van der Waals surface area contributed by atoms with Gasteiger partial charge in [0.1, 0.15) is 11.5 Å². The summed E-state index contributed by atoms with van der Waals surface area (Å²) in [5.41, 5.74) is 2.84. The molecule has 0 spiro atoms. The fraction of sp³-hybridized carbons (Fsp3) is 0. The number of hydrogen-bond acceptors (Lipinski definition) is 4. The number of amides is 1. The highest BCUT2D eigenvalue weighted by Crippen LogP contribution is 2.17. The molecule has 6 heteroatoms. The fourth-order valence-electron chi connectivity index (χ4n) is 2.13. The van der Waals surface area contributed by atoms with Crippen molar-refractivity contribution in [3.8, 4) is 6.07 Å². The van der Waals surface area contributed by atoms with E-state index in [0.717, 1.165) is 5.69 Å². The second kappa shape index (κ2) is 7.23. The van der Waals surface area contributed by atoms with Crippen LogP contribution in [0.5, 0.6) is 0 Å². The summed E-state index contributed by atoms with van der Waals surface area (Å²) in [7, 11) is 0. The van der Waals surface area contributed by atoms with Crippen molar-refractivity contribution in [3.05, 3.63) is 83.9 Å². The lowest BCUT2D eigenvalue weighted by molar-refractivity contribution is 0.102. The van der Waals surface area contributed by atoms with Gasteiger partial charge in [0.2, 0.25) is 0 Å². The Morgan fingerprint density at radius 1 is 0.920 bits per heavy atom. The van der Waals surface area contributed by atoms with Crippen LogP contribution in [-0.2, 0) is 0 Å². The van der Waals surface area contributed by atoms with Gasteiger partial charge in [0, 0.05) is 11.4 Å². The molecule has 0 bridgehead atoms. The van der Waals surface area contributed by atoms with Gasteiger partial charge in [0.15, 0.2) is 0 Å². The van der Waals surface area contributed by atoms with Gasteiger partial charge in [-0.1, -0.05) is 0 Å². The zero-order valence-electron chi connectivity index (χ0n) is 13.0. The van der Waals surface area contributed by atoms with E-state index in [9.17, 15) is 9.18 Å². The van der Waals surface area contributed by atoms with Gasteiger partial charge < -0.3 is 10.6 Å². The molecule has 0 saturated carbocycles. The summed E-state index contributed by atoms with van der Waals surface area (Å²) in [6, 6.07) is 17.9. The lowest BCUT2D eigenvalue weighted by atomic mass is 10.2. The molecule has 3 aromatic rings. The third-order valence-corrected chi connectivity index (χ3v) is 3.40. The predicted octanol–water partition coefficient (Wildman–Crippen LogP) is 4.09. The maximum Gasteiger partial charge on any atom is 0.274 e. The van der Waals surface area contributed by atoms with Gasteiger partial charge in [0.25, 0.3) is 5.91 Å². The number of halogens is 1. The summed E-state index contributed by atoms with van der Waals surface area (Å²) in [6.07, 6.45) is 1.54. The maximum atomic E-state index is 12.9. The highest BCUT2D eigenvalue weighted by Gasteiger charge is 2.08. The topological polar surface area (TPSA) is 77.8 Å². The van der Waals surface area contributed by atoms with Gasteiger partial charge in [0.05, 0.1) is 23.5 Å². The van der Waals surface area contributed by atoms with Gasteiger partial charge >= 0.3 is 0 Å². The van der Waals surface area contributed by atoms with Crippen LogP contribution in [0.2, 0.25) is 0 Å². The first kappa shape index (κ1) is 16.1. The largest absolute Gasteiger partial charge is 0.354 e. The van der Waals surface area contributed by atoms with Crippen molar-refractivity contribution in [2.75, 3.05) is 10.6 Å². The van der Waals surface area contributed by atoms with Crippen LogP contribution >= 0.6 is 0 Å². The van der Waals surface area contributed by atoms with Crippen LogP contribution in [0.3, 0.4) is 0 Å². The minimum Gasteiger partial charge on any atom is -0.354 e. The van der Waals surface area contributed by atoms with Crippen molar-refractivity contribution in [2.24, 2.45) is 0 Å². The van der Waals surface area contributed by atoms with Crippen LogP contribution in [0.25, 0.3) is 0 Å². The lowest BCUT2D eigenvalue weighted by Gasteiger charge is -2.08. The maximum absolute atomic E-state index is 12.9. The van der Waals surface area contributed by atoms with Crippen LogP contribution in [0.15, 0.2) is 66.9 Å². The highest BCUT2D eigenvalue weighted by molar-refractivity contribution is 6.02. The number of carbonyl (C=O) groups is 1. The van der Waals surface area contributed by atoms with Gasteiger partial charge in [-0.2, -0.15) is 5.26 Å². The van der Waals surface area contributed by atoms with E-state index in [1.807, 2.05) is 0 Å². The van der Waals surface area contributed by atoms with Gasteiger partial charge in [-0.25, -0.2) is 9.37 Å². The van der Waals surface area contributed by atoms with Crippen molar-refractivity contribution in [1.29, 1.82) is 5.26 Å². The number of nitrogens with zero attached hydrogens (tertiary/aromatic N) is 2. The zero-order chi connectivity index (χ0) is 17.6. The smallest absolute Gasteiger partial charge is 0.274 e. The Bertz CT molecular complexity index is 914. The molecular weight excluding hydrogens is 319 g/mol. The number of hydrogen-bond donors (Lipinski definition) is 2. The number of aromatic nitrogens is 1. The van der Waals surface area contributed by atoms with Crippen LogP contribution in [0, 0.1) is 17.1 Å². The molecule has 0 unspecified atom stereocenters. The summed E-state index contributed by atoms with van der Waals surface area (Å²) in [5, 5.41) is 14.6. The molecule has 2 N–H and O–H groups in total. The third kappa shape index (κ3) is 4.18. The molecule has 0 radical (unpaired) electrons. The molecule has 5 nitrogen and oxygen atoms in total. The molecule has 0 saturated heterocycles. The van der Waals surface area contributed by atoms with Gasteiger partial charge in [-0.3, -0.25) is 4.79 Å². The van der Waals surface area contributed by atoms with E-state index >= 15 is 0 Å². The summed E-state index contributed by atoms with van der Waals surface area (Å²) in [6.45, 7) is 0. The van der Waals surface area contributed by atoms with Gasteiger partial charge in [-0.15, -0.1) is 0 Å².